The van der Waals surface area contributed by atoms with Crippen LogP contribution in [0.5, 0.6) is 0 Å². The zero-order valence-electron chi connectivity index (χ0n) is 22.0. The fraction of sp³-hybridized carbons (Fsp3) is 0.667. The Morgan fingerprint density at radius 2 is 1.76 bits per heavy atom. The van der Waals surface area contributed by atoms with Crippen LogP contribution in [-0.4, -0.2) is 60.0 Å². The van der Waals surface area contributed by atoms with Crippen LogP contribution < -0.4 is 10.6 Å². The van der Waals surface area contributed by atoms with E-state index in [2.05, 4.69) is 22.8 Å². The van der Waals surface area contributed by atoms with Crippen molar-refractivity contribution in [1.29, 1.82) is 0 Å². The topological polar surface area (TPSA) is 159 Å². The van der Waals surface area contributed by atoms with Gasteiger partial charge in [0.05, 0.1) is 6.04 Å². The van der Waals surface area contributed by atoms with Gasteiger partial charge in [-0.05, 0) is 62.3 Å². The molecule has 2 fully saturated rings. The average Bonchev–Trinajstić information content (AvgIpc) is 3.27. The second-order valence-electron chi connectivity index (χ2n) is 11.0. The van der Waals surface area contributed by atoms with Crippen molar-refractivity contribution in [3.8, 4) is 0 Å². The lowest BCUT2D eigenvalue weighted by Crippen LogP contribution is -2.45. The predicted molar refractivity (Wildman–Crippen MR) is 141 cm³/mol. The first kappa shape index (κ1) is 30.0. The molecule has 1 aromatic carbocycles. The largest absolute Gasteiger partial charge is 0.446 e. The quantitative estimate of drug-likeness (QED) is 0.288. The number of carbonyl (C=O) groups is 3. The number of aliphatic hydroxyl groups is 1. The van der Waals surface area contributed by atoms with Crippen LogP contribution in [-0.2, 0) is 24.4 Å². The van der Waals surface area contributed by atoms with E-state index in [0.717, 1.165) is 12.8 Å². The number of nitrogens with one attached hydrogen (secondary N) is 2. The number of amides is 2. The minimum absolute atomic E-state index is 0.0242. The van der Waals surface area contributed by atoms with Crippen LogP contribution in [0, 0.1) is 17.8 Å². The molecule has 11 heteroatoms. The van der Waals surface area contributed by atoms with Gasteiger partial charge in [-0.25, -0.2) is 4.79 Å². The molecule has 212 valence electrons. The number of hydrogen-bond acceptors (Lipinski definition) is 7. The number of ketones is 1. The van der Waals surface area contributed by atoms with Gasteiger partial charge in [-0.1, -0.05) is 44.2 Å². The zero-order valence-corrected chi connectivity index (χ0v) is 22.9. The third kappa shape index (κ3) is 8.78. The molecule has 1 saturated carbocycles. The Balaban J connectivity index is 1.60. The maximum atomic E-state index is 13.2. The molecular formula is C27H40N2O8S. The molecule has 1 aliphatic carbocycles. The van der Waals surface area contributed by atoms with E-state index in [0.29, 0.717) is 31.7 Å². The van der Waals surface area contributed by atoms with E-state index in [9.17, 15) is 32.5 Å². The van der Waals surface area contributed by atoms with Gasteiger partial charge in [0.25, 0.3) is 10.1 Å². The smallest absolute Gasteiger partial charge is 0.407 e. The van der Waals surface area contributed by atoms with E-state index < -0.39 is 51.7 Å². The van der Waals surface area contributed by atoms with Crippen molar-refractivity contribution in [2.75, 3.05) is 6.54 Å². The van der Waals surface area contributed by atoms with Crippen LogP contribution in [0.25, 0.3) is 0 Å². The number of alkyl carbamates (subject to hydrolysis) is 1. The summed E-state index contributed by atoms with van der Waals surface area (Å²) < 4.78 is 38.4. The van der Waals surface area contributed by atoms with Gasteiger partial charge in [0, 0.05) is 24.8 Å². The number of rotatable bonds is 12. The van der Waals surface area contributed by atoms with Gasteiger partial charge < -0.3 is 20.5 Å². The molecule has 0 spiro atoms. The van der Waals surface area contributed by atoms with E-state index in [-0.39, 0.29) is 30.8 Å². The highest BCUT2D eigenvalue weighted by Crippen LogP contribution is 2.34. The summed E-state index contributed by atoms with van der Waals surface area (Å²) in [4.78, 5) is 38.0. The van der Waals surface area contributed by atoms with Crippen molar-refractivity contribution in [3.63, 3.8) is 0 Å². The molecule has 0 bridgehead atoms. The molecule has 2 aliphatic rings. The Bertz CT molecular complexity index is 1050. The predicted octanol–water partition coefficient (Wildman–Crippen LogP) is 3.16. The summed E-state index contributed by atoms with van der Waals surface area (Å²) in [5.41, 5.74) is -0.944. The van der Waals surface area contributed by atoms with Gasteiger partial charge in [-0.15, -0.1) is 0 Å². The van der Waals surface area contributed by atoms with E-state index >= 15 is 0 Å². The normalized spacial score (nSPS) is 24.3. The second-order valence-corrected chi connectivity index (χ2v) is 12.5. The van der Waals surface area contributed by atoms with E-state index in [4.69, 9.17) is 4.74 Å². The minimum Gasteiger partial charge on any atom is -0.446 e. The van der Waals surface area contributed by atoms with Gasteiger partial charge in [0.2, 0.25) is 5.91 Å². The Morgan fingerprint density at radius 3 is 2.32 bits per heavy atom. The molecule has 1 aliphatic heterocycles. The first-order valence-corrected chi connectivity index (χ1v) is 14.9. The third-order valence-corrected chi connectivity index (χ3v) is 8.52. The summed E-state index contributed by atoms with van der Waals surface area (Å²) in [6.45, 7) is 4.18. The molecular weight excluding hydrogens is 512 g/mol. The summed E-state index contributed by atoms with van der Waals surface area (Å²) in [6.07, 6.45) is 2.44. The molecule has 0 radical (unpaired) electrons. The Morgan fingerprint density at radius 1 is 1.11 bits per heavy atom. The van der Waals surface area contributed by atoms with Crippen LogP contribution in [0.2, 0.25) is 0 Å². The van der Waals surface area contributed by atoms with E-state index in [1.165, 1.54) is 5.56 Å². The molecule has 1 aromatic rings. The molecule has 4 N–H and O–H groups in total. The van der Waals surface area contributed by atoms with Crippen LogP contribution in [0.15, 0.2) is 30.3 Å². The van der Waals surface area contributed by atoms with Crippen molar-refractivity contribution >= 4 is 27.9 Å². The van der Waals surface area contributed by atoms with Crippen LogP contribution in [0.1, 0.15) is 76.7 Å². The lowest BCUT2D eigenvalue weighted by atomic mass is 9.83. The molecule has 3 rings (SSSR count). The number of Topliss-reactive ketones (excluding diaryl/α,β-unsaturated/α-hetero) is 1. The summed E-state index contributed by atoms with van der Waals surface area (Å²) in [5, 5.41) is 15.6. The second kappa shape index (κ2) is 13.5. The zero-order chi connectivity index (χ0) is 27.9. The number of hydrogen-bond donors (Lipinski definition) is 4. The highest BCUT2D eigenvalue weighted by molar-refractivity contribution is 7.86. The monoisotopic (exact) mass is 552 g/mol. The van der Waals surface area contributed by atoms with E-state index in [1.54, 1.807) is 0 Å². The maximum absolute atomic E-state index is 13.2. The summed E-state index contributed by atoms with van der Waals surface area (Å²) >= 11 is 0. The lowest BCUT2D eigenvalue weighted by Gasteiger charge is -2.29. The van der Waals surface area contributed by atoms with Crippen molar-refractivity contribution in [2.45, 2.75) is 88.7 Å². The highest BCUT2D eigenvalue weighted by atomic mass is 32.2. The minimum atomic E-state index is -4.86. The Hall–Kier alpha value is -2.50. The molecule has 1 unspecified atom stereocenters. The first-order chi connectivity index (χ1) is 17.9. The van der Waals surface area contributed by atoms with Gasteiger partial charge in [-0.3, -0.25) is 14.1 Å². The van der Waals surface area contributed by atoms with Crippen molar-refractivity contribution in [2.24, 2.45) is 17.8 Å². The molecule has 2 amide bonds. The van der Waals surface area contributed by atoms with Crippen molar-refractivity contribution < 1.29 is 37.2 Å². The van der Waals surface area contributed by atoms with Gasteiger partial charge >= 0.3 is 6.09 Å². The fourth-order valence-corrected chi connectivity index (χ4v) is 6.18. The first-order valence-electron chi connectivity index (χ1n) is 13.4. The Labute approximate surface area is 224 Å². The van der Waals surface area contributed by atoms with Gasteiger partial charge in [0.1, 0.15) is 6.10 Å². The average molecular weight is 553 g/mol. The number of benzene rings is 1. The maximum Gasteiger partial charge on any atom is 0.407 e. The van der Waals surface area contributed by atoms with Gasteiger partial charge in [0.15, 0.2) is 11.2 Å². The molecule has 1 saturated heterocycles. The molecule has 38 heavy (non-hydrogen) atoms. The SMILES string of the molecule is CC(C)C[C@H](NC(=O)OC1CCC(c2ccccc2)CC1)C(=O)C[C@@H](C[C@@H]1CCNC1=O)C(O)S(=O)(=O)O. The standard InChI is InChI=1S/C27H40N2O8S/c1-17(2)14-23(24(30)16-21(26(32)38(34,35)36)15-20-12-13-28-25(20)31)29-27(33)37-22-10-8-19(9-11-22)18-6-4-3-5-7-18/h3-7,17,19-23,26,32H,8-16H2,1-2H3,(H,28,31)(H,29,33)(H,34,35,36)/t19?,20-,21+,22?,23-,26?/m0/s1. The molecule has 0 aromatic heterocycles. The molecule has 10 nitrogen and oxygen atoms in total. The number of aliphatic hydroxyl groups excluding tert-OH is 1. The van der Waals surface area contributed by atoms with Crippen LogP contribution >= 0.6 is 0 Å². The van der Waals surface area contributed by atoms with Gasteiger partial charge in [-0.2, -0.15) is 8.42 Å². The van der Waals surface area contributed by atoms with Crippen LogP contribution in [0.3, 0.4) is 0 Å². The highest BCUT2D eigenvalue weighted by Gasteiger charge is 2.38. The Kier molecular flexibility index (Phi) is 10.7. The number of carbonyl (C=O) groups excluding carboxylic acids is 3. The lowest BCUT2D eigenvalue weighted by molar-refractivity contribution is -0.125. The molecule has 1 heterocycles. The summed E-state index contributed by atoms with van der Waals surface area (Å²) in [6, 6.07) is 9.25. The molecule has 4 atom stereocenters. The van der Waals surface area contributed by atoms with Crippen molar-refractivity contribution in [1.82, 2.24) is 10.6 Å². The summed E-state index contributed by atoms with van der Waals surface area (Å²) in [5.74, 6) is -2.11. The fourth-order valence-electron chi connectivity index (χ4n) is 5.49. The third-order valence-electron chi connectivity index (χ3n) is 7.53. The van der Waals surface area contributed by atoms with Crippen LogP contribution in [0.4, 0.5) is 4.79 Å². The number of ether oxygens (including phenoxy) is 1. The van der Waals surface area contributed by atoms with E-state index in [1.807, 2.05) is 32.0 Å². The van der Waals surface area contributed by atoms with Crippen molar-refractivity contribution in [3.05, 3.63) is 35.9 Å². The summed E-state index contributed by atoms with van der Waals surface area (Å²) in [7, 11) is -4.86.